The number of benzene rings is 1. The Morgan fingerprint density at radius 1 is 1.20 bits per heavy atom. The first-order valence-corrected chi connectivity index (χ1v) is 8.84. The lowest BCUT2D eigenvalue weighted by atomic mass is 9.82. The van der Waals surface area contributed by atoms with Crippen molar-refractivity contribution in [2.75, 3.05) is 32.3 Å². The molecule has 1 heterocycles. The smallest absolute Gasteiger partial charge is 0.124 e. The minimum Gasteiger partial charge on any atom is -0.496 e. The predicted octanol–water partition coefficient (Wildman–Crippen LogP) is 2.89. The van der Waals surface area contributed by atoms with Crippen LogP contribution in [0.3, 0.4) is 0 Å². The van der Waals surface area contributed by atoms with E-state index in [0.29, 0.717) is 5.92 Å². The molecule has 5 heteroatoms. The number of fused-ring (bicyclic) bond motifs is 2. The summed E-state index contributed by atoms with van der Waals surface area (Å²) in [7, 11) is 3.45. The summed E-state index contributed by atoms with van der Waals surface area (Å²) in [6.45, 7) is 0.239. The molecule has 1 fully saturated rings. The van der Waals surface area contributed by atoms with Crippen LogP contribution in [0.25, 0.3) is 0 Å². The van der Waals surface area contributed by atoms with E-state index in [4.69, 9.17) is 9.47 Å². The van der Waals surface area contributed by atoms with Crippen LogP contribution in [0.2, 0.25) is 0 Å². The van der Waals surface area contributed by atoms with E-state index in [-0.39, 0.29) is 10.7 Å². The molecule has 1 aromatic rings. The maximum absolute atomic E-state index is 9.66. The molecule has 0 aromatic heterocycles. The molecule has 1 aromatic carbocycles. The summed E-state index contributed by atoms with van der Waals surface area (Å²) in [5.41, 5.74) is 2.51. The van der Waals surface area contributed by atoms with Gasteiger partial charge in [-0.2, -0.15) is 0 Å². The summed E-state index contributed by atoms with van der Waals surface area (Å²) in [4.78, 5) is 0. The van der Waals surface area contributed by atoms with Crippen molar-refractivity contribution in [2.24, 2.45) is 5.92 Å². The van der Waals surface area contributed by atoms with Crippen LogP contribution < -0.4 is 9.47 Å². The Morgan fingerprint density at radius 3 is 2.45 bits per heavy atom. The number of aliphatic hydroxyl groups is 1. The summed E-state index contributed by atoms with van der Waals surface area (Å²) >= 11 is 3.98. The number of aliphatic hydroxyl groups excluding tert-OH is 1. The van der Waals surface area contributed by atoms with Gasteiger partial charge in [0, 0.05) is 29.2 Å². The first-order valence-electron chi connectivity index (χ1n) is 6.87. The molecule has 3 nitrogen and oxygen atoms in total. The second-order valence-electron chi connectivity index (χ2n) is 5.23. The van der Waals surface area contributed by atoms with Crippen molar-refractivity contribution in [1.29, 1.82) is 0 Å². The zero-order chi connectivity index (χ0) is 14.2. The minimum absolute atomic E-state index is 0.0286. The largest absolute Gasteiger partial charge is 0.496 e. The van der Waals surface area contributed by atoms with Gasteiger partial charge >= 0.3 is 0 Å². The van der Waals surface area contributed by atoms with Gasteiger partial charge in [0.25, 0.3) is 0 Å². The lowest BCUT2D eigenvalue weighted by Crippen LogP contribution is -2.31. The monoisotopic (exact) mass is 312 g/mol. The standard InChI is InChI=1S/C15H20O3S2/c1-17-12-3-4-13(18-2)14-11(12)7-10(9-16)8-15(14)19-5-6-20-15/h3-4,10,16H,5-9H2,1-2H3. The lowest BCUT2D eigenvalue weighted by Gasteiger charge is -2.39. The summed E-state index contributed by atoms with van der Waals surface area (Å²) in [6, 6.07) is 3.99. The van der Waals surface area contributed by atoms with E-state index in [1.165, 1.54) is 11.1 Å². The molecule has 1 saturated heterocycles. The molecule has 1 atom stereocenters. The second-order valence-corrected chi connectivity index (χ2v) is 8.28. The third kappa shape index (κ3) is 2.20. The average Bonchev–Trinajstić information content (AvgIpc) is 2.94. The van der Waals surface area contributed by atoms with Gasteiger partial charge in [-0.25, -0.2) is 0 Å². The van der Waals surface area contributed by atoms with Crippen molar-refractivity contribution in [3.63, 3.8) is 0 Å². The van der Waals surface area contributed by atoms with Gasteiger partial charge in [0.1, 0.15) is 11.5 Å². The van der Waals surface area contributed by atoms with Gasteiger partial charge in [-0.3, -0.25) is 0 Å². The molecule has 3 rings (SSSR count). The molecule has 1 aliphatic carbocycles. The SMILES string of the molecule is COc1ccc(OC)c2c1CC(CO)CC21SCCS1. The van der Waals surface area contributed by atoms with Crippen LogP contribution in [0.15, 0.2) is 12.1 Å². The van der Waals surface area contributed by atoms with E-state index in [0.717, 1.165) is 35.8 Å². The molecule has 0 bridgehead atoms. The fourth-order valence-corrected chi connectivity index (χ4v) is 6.88. The quantitative estimate of drug-likeness (QED) is 0.929. The van der Waals surface area contributed by atoms with Crippen molar-refractivity contribution in [2.45, 2.75) is 16.9 Å². The zero-order valence-corrected chi connectivity index (χ0v) is 13.5. The van der Waals surface area contributed by atoms with Gasteiger partial charge in [-0.1, -0.05) is 0 Å². The number of methoxy groups -OCH3 is 2. The van der Waals surface area contributed by atoms with E-state index >= 15 is 0 Å². The van der Waals surface area contributed by atoms with Crippen molar-refractivity contribution in [3.05, 3.63) is 23.3 Å². The molecule has 20 heavy (non-hydrogen) atoms. The Bertz CT molecular complexity index is 498. The Labute approximate surface area is 128 Å². The van der Waals surface area contributed by atoms with Crippen LogP contribution in [0, 0.1) is 5.92 Å². The van der Waals surface area contributed by atoms with Crippen molar-refractivity contribution in [1.82, 2.24) is 0 Å². The van der Waals surface area contributed by atoms with Gasteiger partial charge in [0.05, 0.1) is 18.3 Å². The van der Waals surface area contributed by atoms with Crippen LogP contribution in [0.5, 0.6) is 11.5 Å². The summed E-state index contributed by atoms with van der Waals surface area (Å²) in [6.07, 6.45) is 1.88. The van der Waals surface area contributed by atoms with Crippen LogP contribution in [-0.4, -0.2) is 37.4 Å². The van der Waals surface area contributed by atoms with Gasteiger partial charge < -0.3 is 14.6 Å². The third-order valence-electron chi connectivity index (χ3n) is 4.11. The highest BCUT2D eigenvalue weighted by atomic mass is 32.2. The van der Waals surface area contributed by atoms with Gasteiger partial charge in [-0.15, -0.1) is 23.5 Å². The van der Waals surface area contributed by atoms with E-state index in [2.05, 4.69) is 0 Å². The Kier molecular flexibility index (Phi) is 4.11. The molecule has 0 saturated carbocycles. The molecule has 110 valence electrons. The molecule has 1 unspecified atom stereocenters. The highest BCUT2D eigenvalue weighted by molar-refractivity contribution is 8.20. The Hall–Kier alpha value is -0.520. The van der Waals surface area contributed by atoms with Crippen LogP contribution >= 0.6 is 23.5 Å². The number of ether oxygens (including phenoxy) is 2. The summed E-state index contributed by atoms with van der Waals surface area (Å²) in [5.74, 6) is 4.50. The molecule has 2 aliphatic rings. The van der Waals surface area contributed by atoms with E-state index in [9.17, 15) is 5.11 Å². The molecule has 0 radical (unpaired) electrons. The highest BCUT2D eigenvalue weighted by Gasteiger charge is 2.46. The highest BCUT2D eigenvalue weighted by Crippen LogP contribution is 2.62. The van der Waals surface area contributed by atoms with Gasteiger partial charge in [0.15, 0.2) is 0 Å². The fraction of sp³-hybridized carbons (Fsp3) is 0.600. The first-order chi connectivity index (χ1) is 9.74. The van der Waals surface area contributed by atoms with Gasteiger partial charge in [0.2, 0.25) is 0 Å². The lowest BCUT2D eigenvalue weighted by molar-refractivity contribution is 0.207. The molecule has 1 spiro atoms. The third-order valence-corrected chi connectivity index (χ3v) is 7.57. The molecule has 1 aliphatic heterocycles. The van der Waals surface area contributed by atoms with E-state index in [1.807, 2.05) is 35.7 Å². The predicted molar refractivity (Wildman–Crippen MR) is 85.0 cm³/mol. The number of thioether (sulfide) groups is 2. The van der Waals surface area contributed by atoms with E-state index < -0.39 is 0 Å². The molecular weight excluding hydrogens is 292 g/mol. The summed E-state index contributed by atoms with van der Waals surface area (Å²) < 4.78 is 11.2. The average molecular weight is 312 g/mol. The van der Waals surface area contributed by atoms with Crippen LogP contribution in [-0.2, 0) is 10.5 Å². The maximum Gasteiger partial charge on any atom is 0.124 e. The topological polar surface area (TPSA) is 38.7 Å². The molecule has 0 amide bonds. The maximum atomic E-state index is 9.66. The second kappa shape index (κ2) is 5.70. The molecular formula is C15H20O3S2. The van der Waals surface area contributed by atoms with Crippen molar-refractivity contribution < 1.29 is 14.6 Å². The van der Waals surface area contributed by atoms with Gasteiger partial charge in [-0.05, 0) is 30.9 Å². The Morgan fingerprint density at radius 2 is 1.85 bits per heavy atom. The number of hydrogen-bond acceptors (Lipinski definition) is 5. The van der Waals surface area contributed by atoms with Crippen LogP contribution in [0.1, 0.15) is 17.5 Å². The fourth-order valence-electron chi connectivity index (χ4n) is 3.28. The van der Waals surface area contributed by atoms with Crippen molar-refractivity contribution >= 4 is 23.5 Å². The molecule has 1 N–H and O–H groups in total. The number of rotatable bonds is 3. The zero-order valence-electron chi connectivity index (χ0n) is 11.8. The van der Waals surface area contributed by atoms with E-state index in [1.54, 1.807) is 14.2 Å². The number of hydrogen-bond donors (Lipinski definition) is 1. The van der Waals surface area contributed by atoms with Crippen molar-refractivity contribution in [3.8, 4) is 11.5 Å². The normalized spacial score (nSPS) is 23.6. The Balaban J connectivity index is 2.18. The summed E-state index contributed by atoms with van der Waals surface area (Å²) in [5, 5.41) is 9.66. The first kappa shape index (κ1) is 14.4. The minimum atomic E-state index is 0.0286. The van der Waals surface area contributed by atoms with Crippen LogP contribution in [0.4, 0.5) is 0 Å².